The van der Waals surface area contributed by atoms with Crippen molar-refractivity contribution in [2.45, 2.75) is 58.8 Å². The summed E-state index contributed by atoms with van der Waals surface area (Å²) in [6, 6.07) is 11.1. The Morgan fingerprint density at radius 3 is 2.76 bits per heavy atom. The van der Waals surface area contributed by atoms with Crippen LogP contribution in [0, 0.1) is 6.92 Å². The number of benzene rings is 2. The molecule has 0 radical (unpaired) electrons. The number of aryl methyl sites for hydroxylation is 1. The summed E-state index contributed by atoms with van der Waals surface area (Å²) in [5.41, 5.74) is 17.7. The fraction of sp³-hybridized carbons (Fsp3) is 0.433. The third kappa shape index (κ3) is 4.69. The second-order valence-electron chi connectivity index (χ2n) is 9.50. The molecule has 0 spiro atoms. The quantitative estimate of drug-likeness (QED) is 0.431. The number of aliphatic imine (C=N–C) groups is 1. The fourth-order valence-electron chi connectivity index (χ4n) is 5.82. The van der Waals surface area contributed by atoms with Crippen LogP contribution in [0.1, 0.15) is 66.0 Å². The molecule has 2 aromatic carbocycles. The minimum absolute atomic E-state index is 0.424. The van der Waals surface area contributed by atoms with Crippen LogP contribution in [0.5, 0.6) is 0 Å². The maximum absolute atomic E-state index is 5.46. The van der Waals surface area contributed by atoms with Gasteiger partial charge in [-0.3, -0.25) is 4.90 Å². The van der Waals surface area contributed by atoms with Gasteiger partial charge in [-0.25, -0.2) is 4.99 Å². The lowest BCUT2D eigenvalue weighted by Crippen LogP contribution is -2.28. The Labute approximate surface area is 205 Å². The van der Waals surface area contributed by atoms with Crippen molar-refractivity contribution in [3.05, 3.63) is 82.6 Å². The molecule has 1 atom stereocenters. The molecule has 1 heterocycles. The summed E-state index contributed by atoms with van der Waals surface area (Å²) in [5.74, 6) is 0.424. The van der Waals surface area contributed by atoms with Gasteiger partial charge in [0.1, 0.15) is 0 Å². The number of fused-ring (bicyclic) bond motifs is 2. The van der Waals surface area contributed by atoms with Gasteiger partial charge in [0.25, 0.3) is 0 Å². The Bertz CT molecular complexity index is 1100. The zero-order valence-electron chi connectivity index (χ0n) is 21.2. The van der Waals surface area contributed by atoms with Crippen molar-refractivity contribution in [1.29, 1.82) is 0 Å². The highest BCUT2D eigenvalue weighted by Gasteiger charge is 2.30. The Morgan fingerprint density at radius 1 is 1.15 bits per heavy atom. The second-order valence-corrected chi connectivity index (χ2v) is 9.50. The molecule has 4 nitrogen and oxygen atoms in total. The Morgan fingerprint density at radius 2 is 1.97 bits per heavy atom. The van der Waals surface area contributed by atoms with Crippen molar-refractivity contribution in [2.24, 2.45) is 10.7 Å². The summed E-state index contributed by atoms with van der Waals surface area (Å²) >= 11 is 0. The first-order valence-corrected chi connectivity index (χ1v) is 12.9. The Kier molecular flexibility index (Phi) is 7.57. The van der Waals surface area contributed by atoms with E-state index in [4.69, 9.17) is 5.73 Å². The van der Waals surface area contributed by atoms with E-state index in [0.717, 1.165) is 64.1 Å². The van der Waals surface area contributed by atoms with Crippen LogP contribution in [0.25, 0.3) is 5.57 Å². The molecule has 34 heavy (non-hydrogen) atoms. The normalized spacial score (nSPS) is 19.3. The third-order valence-electron chi connectivity index (χ3n) is 7.76. The van der Waals surface area contributed by atoms with Gasteiger partial charge in [-0.05, 0) is 90.1 Å². The molecule has 5 rings (SSSR count). The van der Waals surface area contributed by atoms with Gasteiger partial charge in [0, 0.05) is 31.2 Å². The van der Waals surface area contributed by atoms with Gasteiger partial charge in [0.15, 0.2) is 0 Å². The fourth-order valence-corrected chi connectivity index (χ4v) is 5.82. The molecule has 0 saturated carbocycles. The molecule has 2 aliphatic carbocycles. The molecule has 0 bridgehead atoms. The van der Waals surface area contributed by atoms with Gasteiger partial charge in [0.2, 0.25) is 0 Å². The third-order valence-corrected chi connectivity index (χ3v) is 7.76. The van der Waals surface area contributed by atoms with Crippen LogP contribution in [-0.4, -0.2) is 42.4 Å². The van der Waals surface area contributed by atoms with E-state index >= 15 is 0 Å². The first kappa shape index (κ1) is 24.3. The summed E-state index contributed by atoms with van der Waals surface area (Å²) in [7, 11) is 0. The number of rotatable bonds is 6. The topological polar surface area (TPSA) is 44.9 Å². The monoisotopic (exact) mass is 456 g/mol. The Balaban J connectivity index is 0.00000133. The lowest BCUT2D eigenvalue weighted by molar-refractivity contribution is 0.273. The first-order chi connectivity index (χ1) is 16.5. The smallest absolute Gasteiger partial charge is 0.0860 e. The van der Waals surface area contributed by atoms with Crippen LogP contribution in [0.3, 0.4) is 0 Å². The molecular weight excluding hydrogens is 416 g/mol. The zero-order valence-corrected chi connectivity index (χ0v) is 21.2. The van der Waals surface area contributed by atoms with Gasteiger partial charge in [-0.2, -0.15) is 0 Å². The number of nitrogens with two attached hydrogens (primary N) is 1. The highest BCUT2D eigenvalue weighted by atomic mass is 15.4. The molecule has 2 aromatic rings. The maximum Gasteiger partial charge on any atom is 0.0860 e. The SMILES string of the molecule is C=C1CCc2c1ccc(CCN1CCN(C(=C)C3CCc4cc(N=CN)ccc43)C1)c2C.CC. The zero-order chi connectivity index (χ0) is 24.2. The van der Waals surface area contributed by atoms with Crippen LogP contribution in [0.4, 0.5) is 5.69 Å². The largest absolute Gasteiger partial charge is 0.390 e. The molecule has 1 fully saturated rings. The van der Waals surface area contributed by atoms with Gasteiger partial charge in [0.05, 0.1) is 18.7 Å². The predicted molar refractivity (Wildman–Crippen MR) is 146 cm³/mol. The second kappa shape index (κ2) is 10.6. The highest BCUT2D eigenvalue weighted by Crippen LogP contribution is 2.41. The van der Waals surface area contributed by atoms with E-state index in [1.807, 2.05) is 13.8 Å². The summed E-state index contributed by atoms with van der Waals surface area (Å²) < 4.78 is 0. The standard InChI is InChI=1S/C28H34N4.C2H6/c1-19-4-8-26-20(2)22(5-9-25(19)26)12-13-31-14-15-32(18-31)21(3)27-10-6-23-16-24(30-17-29)7-11-28(23)27;1-2/h5,7,9,11,16-17,27H,1,3-4,6,8,10,12-15,18H2,2H3,(H2,29,30);1-2H3. The van der Waals surface area contributed by atoms with Crippen molar-refractivity contribution >= 4 is 17.6 Å². The van der Waals surface area contributed by atoms with Crippen molar-refractivity contribution < 1.29 is 0 Å². The minimum atomic E-state index is 0.424. The van der Waals surface area contributed by atoms with Crippen LogP contribution in [0.2, 0.25) is 0 Å². The molecule has 4 heteroatoms. The average Bonchev–Trinajstić information content (AvgIpc) is 3.59. The lowest BCUT2D eigenvalue weighted by atomic mass is 9.96. The van der Waals surface area contributed by atoms with E-state index in [0.29, 0.717) is 5.92 Å². The maximum atomic E-state index is 5.46. The van der Waals surface area contributed by atoms with Crippen molar-refractivity contribution in [3.8, 4) is 0 Å². The van der Waals surface area contributed by atoms with Crippen molar-refractivity contribution in [3.63, 3.8) is 0 Å². The first-order valence-electron chi connectivity index (χ1n) is 12.9. The number of allylic oxidation sites excluding steroid dienone is 2. The van der Waals surface area contributed by atoms with E-state index in [2.05, 4.69) is 65.2 Å². The molecule has 180 valence electrons. The molecular formula is C30H40N4. The van der Waals surface area contributed by atoms with Gasteiger partial charge >= 0.3 is 0 Å². The number of hydrogen-bond donors (Lipinski definition) is 1. The molecule has 2 N–H and O–H groups in total. The lowest BCUT2D eigenvalue weighted by Gasteiger charge is -2.27. The summed E-state index contributed by atoms with van der Waals surface area (Å²) in [4.78, 5) is 9.29. The van der Waals surface area contributed by atoms with E-state index in [9.17, 15) is 0 Å². The molecule has 1 saturated heterocycles. The van der Waals surface area contributed by atoms with Crippen molar-refractivity contribution in [2.75, 3.05) is 26.3 Å². The molecule has 1 unspecified atom stereocenters. The van der Waals surface area contributed by atoms with Crippen LogP contribution >= 0.6 is 0 Å². The van der Waals surface area contributed by atoms with Crippen LogP contribution in [0.15, 0.2) is 54.2 Å². The molecule has 0 aromatic heterocycles. The summed E-state index contributed by atoms with van der Waals surface area (Å²) in [5, 5.41) is 0. The minimum Gasteiger partial charge on any atom is -0.390 e. The molecule has 1 aliphatic heterocycles. The van der Waals surface area contributed by atoms with Gasteiger partial charge in [-0.1, -0.05) is 45.2 Å². The summed E-state index contributed by atoms with van der Waals surface area (Å²) in [6.07, 6.45) is 6.99. The van der Waals surface area contributed by atoms with E-state index in [1.165, 1.54) is 51.0 Å². The van der Waals surface area contributed by atoms with E-state index < -0.39 is 0 Å². The van der Waals surface area contributed by atoms with Gasteiger partial charge in [-0.15, -0.1) is 0 Å². The number of nitrogens with zero attached hydrogens (tertiary/aromatic N) is 3. The van der Waals surface area contributed by atoms with Crippen LogP contribution in [-0.2, 0) is 19.3 Å². The number of hydrogen-bond acceptors (Lipinski definition) is 3. The predicted octanol–water partition coefficient (Wildman–Crippen LogP) is 5.96. The molecule has 3 aliphatic rings. The highest BCUT2D eigenvalue weighted by molar-refractivity contribution is 5.72. The van der Waals surface area contributed by atoms with Crippen LogP contribution < -0.4 is 5.73 Å². The van der Waals surface area contributed by atoms with E-state index in [1.54, 1.807) is 0 Å². The molecule has 0 amide bonds. The summed E-state index contributed by atoms with van der Waals surface area (Å²) in [6.45, 7) is 19.3. The average molecular weight is 457 g/mol. The van der Waals surface area contributed by atoms with Gasteiger partial charge < -0.3 is 10.6 Å². The van der Waals surface area contributed by atoms with Crippen molar-refractivity contribution in [1.82, 2.24) is 9.80 Å². The van der Waals surface area contributed by atoms with E-state index in [-0.39, 0.29) is 0 Å². The Hall–Kier alpha value is -2.85.